The molecule has 0 fully saturated rings. The van der Waals surface area contributed by atoms with Gasteiger partial charge < -0.3 is 14.2 Å². The lowest BCUT2D eigenvalue weighted by atomic mass is 10.1. The van der Waals surface area contributed by atoms with Crippen molar-refractivity contribution in [2.75, 3.05) is 7.05 Å². The Bertz CT molecular complexity index is 1330. The van der Waals surface area contributed by atoms with Crippen LogP contribution in [0, 0.1) is 20.8 Å². The lowest BCUT2D eigenvalue weighted by Crippen LogP contribution is -2.37. The normalized spacial score (nSPS) is 12.0. The summed E-state index contributed by atoms with van der Waals surface area (Å²) in [6.07, 6.45) is -0.955. The Morgan fingerprint density at radius 1 is 1.15 bits per heavy atom. The molecule has 0 spiro atoms. The molecule has 0 bridgehead atoms. The number of amides is 1. The molecule has 0 aliphatic heterocycles. The van der Waals surface area contributed by atoms with Gasteiger partial charge in [-0.2, -0.15) is 0 Å². The average molecular weight is 464 g/mol. The topological polar surface area (TPSA) is 85.5 Å². The zero-order valence-corrected chi connectivity index (χ0v) is 20.0. The molecule has 7 nitrogen and oxygen atoms in total. The number of ether oxygens (including phenoxy) is 1. The molecule has 0 aliphatic rings. The predicted molar refractivity (Wildman–Crippen MR) is 127 cm³/mol. The van der Waals surface area contributed by atoms with Gasteiger partial charge in [0.2, 0.25) is 0 Å². The number of thiophene rings is 1. The molecule has 1 aromatic carbocycles. The number of nitrogens with zero attached hydrogens (tertiary/aromatic N) is 3. The molecule has 0 radical (unpaired) electrons. The summed E-state index contributed by atoms with van der Waals surface area (Å²) < 4.78 is 11.0. The highest BCUT2D eigenvalue weighted by atomic mass is 32.1. The van der Waals surface area contributed by atoms with Crippen LogP contribution in [0.4, 0.5) is 0 Å². The molecule has 4 rings (SSSR count). The van der Waals surface area contributed by atoms with E-state index in [9.17, 15) is 9.59 Å². The third kappa shape index (κ3) is 4.66. The largest absolute Gasteiger partial charge is 0.449 e. The number of aryl methyl sites for hydroxylation is 3. The maximum atomic E-state index is 13.2. The Morgan fingerprint density at radius 3 is 2.55 bits per heavy atom. The van der Waals surface area contributed by atoms with E-state index < -0.39 is 12.1 Å². The van der Waals surface area contributed by atoms with Crippen LogP contribution in [0.3, 0.4) is 0 Å². The van der Waals surface area contributed by atoms with Gasteiger partial charge in [-0.05, 0) is 45.4 Å². The van der Waals surface area contributed by atoms with Crippen molar-refractivity contribution >= 4 is 34.3 Å². The van der Waals surface area contributed by atoms with E-state index in [2.05, 4.69) is 10.1 Å². The molecule has 33 heavy (non-hydrogen) atoms. The SMILES string of the molecule is Cc1cc(-c2cc(C(=O)OC(C)C(=O)N(C)Cc3ccccc3)c3c(C)noc3n2)c(C)s1. The molecule has 1 amide bonds. The molecule has 0 N–H and O–H groups in total. The number of hydrogen-bond donors (Lipinski definition) is 0. The number of benzene rings is 1. The smallest absolute Gasteiger partial charge is 0.339 e. The molecule has 0 aliphatic carbocycles. The first-order valence-electron chi connectivity index (χ1n) is 10.6. The molecular weight excluding hydrogens is 438 g/mol. The first kappa shape index (κ1) is 22.7. The van der Waals surface area contributed by atoms with Crippen molar-refractivity contribution in [1.82, 2.24) is 15.0 Å². The summed E-state index contributed by atoms with van der Waals surface area (Å²) in [6, 6.07) is 13.4. The second-order valence-corrected chi connectivity index (χ2v) is 9.52. The molecule has 0 saturated heterocycles. The number of carbonyl (C=O) groups excluding carboxylic acids is 2. The Balaban J connectivity index is 1.60. The summed E-state index contributed by atoms with van der Waals surface area (Å²) in [5.41, 5.74) is 3.60. The van der Waals surface area contributed by atoms with Crippen molar-refractivity contribution in [2.45, 2.75) is 40.3 Å². The number of aromatic nitrogens is 2. The van der Waals surface area contributed by atoms with E-state index in [4.69, 9.17) is 9.26 Å². The fraction of sp³-hybridized carbons (Fsp3) is 0.280. The van der Waals surface area contributed by atoms with Gasteiger partial charge in [0.25, 0.3) is 11.6 Å². The van der Waals surface area contributed by atoms with Crippen molar-refractivity contribution in [3.05, 3.63) is 69.0 Å². The fourth-order valence-corrected chi connectivity index (χ4v) is 4.73. The number of pyridine rings is 1. The zero-order valence-electron chi connectivity index (χ0n) is 19.2. The maximum absolute atomic E-state index is 13.2. The van der Waals surface area contributed by atoms with Crippen LogP contribution < -0.4 is 0 Å². The van der Waals surface area contributed by atoms with E-state index in [0.717, 1.165) is 20.9 Å². The summed E-state index contributed by atoms with van der Waals surface area (Å²) >= 11 is 1.65. The van der Waals surface area contributed by atoms with Crippen LogP contribution in [0.25, 0.3) is 22.4 Å². The van der Waals surface area contributed by atoms with Crippen molar-refractivity contribution in [3.8, 4) is 11.3 Å². The number of fused-ring (bicyclic) bond motifs is 1. The van der Waals surface area contributed by atoms with E-state index in [-0.39, 0.29) is 17.2 Å². The van der Waals surface area contributed by atoms with Crippen LogP contribution in [-0.4, -0.2) is 40.1 Å². The Labute approximate surface area is 196 Å². The van der Waals surface area contributed by atoms with Crippen molar-refractivity contribution in [2.24, 2.45) is 0 Å². The van der Waals surface area contributed by atoms with Gasteiger partial charge in [-0.15, -0.1) is 11.3 Å². The van der Waals surface area contributed by atoms with E-state index in [1.807, 2.05) is 50.2 Å². The van der Waals surface area contributed by atoms with E-state index >= 15 is 0 Å². The highest BCUT2D eigenvalue weighted by Gasteiger charge is 2.26. The quantitative estimate of drug-likeness (QED) is 0.371. The van der Waals surface area contributed by atoms with Gasteiger partial charge in [0.15, 0.2) is 6.10 Å². The van der Waals surface area contributed by atoms with Crippen molar-refractivity contribution in [3.63, 3.8) is 0 Å². The number of hydrogen-bond acceptors (Lipinski definition) is 7. The minimum atomic E-state index is -0.955. The van der Waals surface area contributed by atoms with Crippen LogP contribution in [-0.2, 0) is 16.1 Å². The molecular formula is C25H25N3O4S. The summed E-state index contributed by atoms with van der Waals surface area (Å²) in [5.74, 6) is -0.905. The van der Waals surface area contributed by atoms with Gasteiger partial charge >= 0.3 is 5.97 Å². The summed E-state index contributed by atoms with van der Waals surface area (Å²) in [6.45, 7) is 7.77. The van der Waals surface area contributed by atoms with Crippen molar-refractivity contribution in [1.29, 1.82) is 0 Å². The minimum Gasteiger partial charge on any atom is -0.449 e. The Morgan fingerprint density at radius 2 is 1.88 bits per heavy atom. The fourth-order valence-electron chi connectivity index (χ4n) is 3.80. The minimum absolute atomic E-state index is 0.264. The van der Waals surface area contributed by atoms with Crippen LogP contribution in [0.2, 0.25) is 0 Å². The highest BCUT2D eigenvalue weighted by molar-refractivity contribution is 7.12. The molecule has 3 heterocycles. The maximum Gasteiger partial charge on any atom is 0.339 e. The van der Waals surface area contributed by atoms with Gasteiger partial charge in [-0.25, -0.2) is 9.78 Å². The van der Waals surface area contributed by atoms with Gasteiger partial charge in [0.1, 0.15) is 0 Å². The molecule has 8 heteroatoms. The lowest BCUT2D eigenvalue weighted by Gasteiger charge is -2.21. The predicted octanol–water partition coefficient (Wildman–Crippen LogP) is 5.08. The number of carbonyl (C=O) groups is 2. The molecule has 3 aromatic heterocycles. The molecule has 1 unspecified atom stereocenters. The molecule has 1 atom stereocenters. The second-order valence-electron chi connectivity index (χ2n) is 8.06. The van der Waals surface area contributed by atoms with Crippen molar-refractivity contribution < 1.29 is 18.8 Å². The van der Waals surface area contributed by atoms with Crippen LogP contribution in [0.15, 0.2) is 47.0 Å². The number of likely N-dealkylation sites (N-methyl/N-ethyl adjacent to an activating group) is 1. The lowest BCUT2D eigenvalue weighted by molar-refractivity contribution is -0.139. The third-order valence-electron chi connectivity index (χ3n) is 5.42. The molecule has 0 saturated carbocycles. The summed E-state index contributed by atoms with van der Waals surface area (Å²) in [5, 5.41) is 4.46. The summed E-state index contributed by atoms with van der Waals surface area (Å²) in [4.78, 5) is 34.4. The van der Waals surface area contributed by atoms with Crippen LogP contribution >= 0.6 is 11.3 Å². The first-order chi connectivity index (χ1) is 15.7. The first-order valence-corrected chi connectivity index (χ1v) is 11.4. The third-order valence-corrected chi connectivity index (χ3v) is 6.39. The van der Waals surface area contributed by atoms with Gasteiger partial charge in [-0.3, -0.25) is 4.79 Å². The standard InChI is InChI=1S/C25H25N3O4S/c1-14-11-19(17(4)33-14)21-12-20(22-15(2)27-32-23(22)26-21)25(30)31-16(3)24(29)28(5)13-18-9-7-6-8-10-18/h6-12,16H,13H2,1-5H3. The summed E-state index contributed by atoms with van der Waals surface area (Å²) in [7, 11) is 1.69. The highest BCUT2D eigenvalue weighted by Crippen LogP contribution is 2.33. The molecule has 170 valence electrons. The van der Waals surface area contributed by atoms with E-state index in [0.29, 0.717) is 23.3 Å². The Hall–Kier alpha value is -3.52. The van der Waals surface area contributed by atoms with Gasteiger partial charge in [0.05, 0.1) is 22.3 Å². The number of rotatable bonds is 6. The molecule has 4 aromatic rings. The van der Waals surface area contributed by atoms with Gasteiger partial charge in [0, 0.05) is 28.9 Å². The Kier molecular flexibility index (Phi) is 6.29. The van der Waals surface area contributed by atoms with E-state index in [1.165, 1.54) is 0 Å². The second kappa shape index (κ2) is 9.15. The van der Waals surface area contributed by atoms with E-state index in [1.54, 1.807) is 43.2 Å². The van der Waals surface area contributed by atoms with Crippen LogP contribution in [0.1, 0.15) is 38.3 Å². The van der Waals surface area contributed by atoms with Crippen LogP contribution in [0.5, 0.6) is 0 Å². The zero-order chi connectivity index (χ0) is 23.7. The monoisotopic (exact) mass is 463 g/mol. The average Bonchev–Trinajstić information content (AvgIpc) is 3.34. The van der Waals surface area contributed by atoms with Gasteiger partial charge in [-0.1, -0.05) is 35.5 Å². The number of esters is 1.